The molecule has 0 saturated carbocycles. The van der Waals surface area contributed by atoms with Gasteiger partial charge in [0.1, 0.15) is 0 Å². The molecule has 0 aliphatic carbocycles. The van der Waals surface area contributed by atoms with Gasteiger partial charge in [-0.3, -0.25) is 0 Å². The van der Waals surface area contributed by atoms with Gasteiger partial charge in [-0.2, -0.15) is 0 Å². The first-order valence-electron chi connectivity index (χ1n) is 2.63. The average molecular weight is 330 g/mol. The van der Waals surface area contributed by atoms with Crippen molar-refractivity contribution in [3.8, 4) is 0 Å². The summed E-state index contributed by atoms with van der Waals surface area (Å²) in [6.45, 7) is 0. The Hall–Kier alpha value is 0.168. The van der Waals surface area contributed by atoms with E-state index in [0.717, 1.165) is 12.1 Å². The molecule has 1 aromatic rings. The summed E-state index contributed by atoms with van der Waals surface area (Å²) in [6, 6.07) is 2.19. The van der Waals surface area contributed by atoms with Gasteiger partial charge < -0.3 is 0 Å². The molecule has 1 nitrogen and oxygen atoms in total. The molecule has 1 aromatic carbocycles. The van der Waals surface area contributed by atoms with E-state index in [9.17, 15) is 12.5 Å². The Balaban J connectivity index is 3.31. The van der Waals surface area contributed by atoms with Crippen molar-refractivity contribution < 1.29 is 12.5 Å². The summed E-state index contributed by atoms with van der Waals surface area (Å²) in [5.41, 5.74) is 0. The van der Waals surface area contributed by atoms with Crippen LogP contribution in [0.1, 0.15) is 0 Å². The SMILES string of the molecule is O=[As]c1cc(F)c(I)c(F)c1. The van der Waals surface area contributed by atoms with E-state index in [1.165, 1.54) is 0 Å². The molecular weight excluding hydrogens is 328 g/mol. The predicted molar refractivity (Wildman–Crippen MR) is 45.1 cm³/mol. The van der Waals surface area contributed by atoms with Crippen molar-refractivity contribution in [2.45, 2.75) is 0 Å². The van der Waals surface area contributed by atoms with E-state index in [4.69, 9.17) is 0 Å². The normalized spacial score (nSPS) is 10.5. The van der Waals surface area contributed by atoms with Crippen LogP contribution in [0.3, 0.4) is 0 Å². The first-order chi connectivity index (χ1) is 5.15. The van der Waals surface area contributed by atoms with Crippen LogP contribution in [0.4, 0.5) is 8.78 Å². The average Bonchev–Trinajstić information content (AvgIpc) is 1.99. The first-order valence-corrected chi connectivity index (χ1v) is 5.41. The predicted octanol–water partition coefficient (Wildman–Crippen LogP) is 1.24. The van der Waals surface area contributed by atoms with Crippen molar-refractivity contribution in [1.82, 2.24) is 0 Å². The molecule has 0 bridgehead atoms. The van der Waals surface area contributed by atoms with Crippen LogP contribution in [0.15, 0.2) is 12.1 Å². The number of rotatable bonds is 1. The Labute approximate surface area is 82.2 Å². The zero-order valence-electron chi connectivity index (χ0n) is 5.14. The monoisotopic (exact) mass is 330 g/mol. The van der Waals surface area contributed by atoms with Crippen LogP contribution in [0.25, 0.3) is 0 Å². The number of halogens is 3. The third-order valence-corrected chi connectivity index (χ3v) is 3.09. The minimum absolute atomic E-state index is 0.0546. The van der Waals surface area contributed by atoms with Gasteiger partial charge in [0.2, 0.25) is 0 Å². The summed E-state index contributed by atoms with van der Waals surface area (Å²) in [4.78, 5) is 0. The molecule has 0 saturated heterocycles. The summed E-state index contributed by atoms with van der Waals surface area (Å²) in [5.74, 6) is -1.29. The Morgan fingerprint density at radius 3 is 2.09 bits per heavy atom. The van der Waals surface area contributed by atoms with E-state index >= 15 is 0 Å². The van der Waals surface area contributed by atoms with Crippen molar-refractivity contribution >= 4 is 42.6 Å². The van der Waals surface area contributed by atoms with Gasteiger partial charge in [-0.05, 0) is 0 Å². The van der Waals surface area contributed by atoms with Crippen LogP contribution in [0, 0.1) is 15.2 Å². The van der Waals surface area contributed by atoms with Gasteiger partial charge in [-0.25, -0.2) is 0 Å². The van der Waals surface area contributed by atoms with E-state index in [-0.39, 0.29) is 7.92 Å². The molecule has 0 spiro atoms. The summed E-state index contributed by atoms with van der Waals surface area (Å²) in [6.07, 6.45) is 0. The fourth-order valence-corrected chi connectivity index (χ4v) is 1.60. The quantitative estimate of drug-likeness (QED) is 0.430. The first kappa shape index (κ1) is 9.26. The number of benzene rings is 1. The van der Waals surface area contributed by atoms with Crippen LogP contribution in [-0.2, 0) is 3.74 Å². The number of hydrogen-bond acceptors (Lipinski definition) is 1. The van der Waals surface area contributed by atoms with Crippen molar-refractivity contribution in [2.24, 2.45) is 0 Å². The van der Waals surface area contributed by atoms with E-state index in [1.54, 1.807) is 22.6 Å². The molecule has 0 unspecified atom stereocenters. The van der Waals surface area contributed by atoms with Gasteiger partial charge in [0.05, 0.1) is 0 Å². The van der Waals surface area contributed by atoms with Crippen molar-refractivity contribution in [3.63, 3.8) is 0 Å². The molecule has 0 heterocycles. The van der Waals surface area contributed by atoms with Crippen LogP contribution >= 0.6 is 22.6 Å². The van der Waals surface area contributed by atoms with Crippen molar-refractivity contribution in [3.05, 3.63) is 27.3 Å². The van der Waals surface area contributed by atoms with Crippen LogP contribution in [0.2, 0.25) is 0 Å². The molecular formula is C6H2AsF2IO. The Morgan fingerprint density at radius 2 is 1.73 bits per heavy atom. The topological polar surface area (TPSA) is 17.1 Å². The van der Waals surface area contributed by atoms with E-state index in [1.807, 2.05) is 0 Å². The van der Waals surface area contributed by atoms with Gasteiger partial charge in [-0.1, -0.05) is 0 Å². The molecule has 0 atom stereocenters. The molecule has 11 heavy (non-hydrogen) atoms. The molecule has 0 aromatic heterocycles. The second kappa shape index (κ2) is 3.72. The third-order valence-electron chi connectivity index (χ3n) is 1.07. The van der Waals surface area contributed by atoms with E-state index in [0.29, 0.717) is 0 Å². The number of hydrogen-bond donors (Lipinski definition) is 0. The maximum absolute atomic E-state index is 12.7. The fraction of sp³-hybridized carbons (Fsp3) is 0. The molecule has 58 valence electrons. The van der Waals surface area contributed by atoms with Crippen molar-refractivity contribution in [1.29, 1.82) is 0 Å². The second-order valence-corrected chi connectivity index (χ2v) is 4.36. The fourth-order valence-electron chi connectivity index (χ4n) is 0.595. The van der Waals surface area contributed by atoms with Gasteiger partial charge in [0.15, 0.2) is 0 Å². The molecule has 0 fully saturated rings. The maximum atomic E-state index is 12.7. The van der Waals surface area contributed by atoms with Crippen molar-refractivity contribution in [2.75, 3.05) is 0 Å². The molecule has 0 amide bonds. The Morgan fingerprint density at radius 1 is 1.27 bits per heavy atom. The molecule has 0 aliphatic heterocycles. The second-order valence-electron chi connectivity index (χ2n) is 1.81. The minimum atomic E-state index is -1.34. The summed E-state index contributed by atoms with van der Waals surface area (Å²) in [5, 5.41) is 0. The van der Waals surface area contributed by atoms with Gasteiger partial charge in [-0.15, -0.1) is 0 Å². The Kier molecular flexibility index (Phi) is 3.13. The molecule has 1 rings (SSSR count). The summed E-state index contributed by atoms with van der Waals surface area (Å²) >= 11 is 0.220. The van der Waals surface area contributed by atoms with Gasteiger partial charge in [0.25, 0.3) is 0 Å². The molecule has 0 N–H and O–H groups in total. The Bertz CT molecular complexity index is 280. The standard InChI is InChI=1S/C6H2AsF2IO/c8-4-1-3(7-11)2-5(9)6(4)10/h1-2H. The van der Waals surface area contributed by atoms with Gasteiger partial charge in [0, 0.05) is 0 Å². The van der Waals surface area contributed by atoms with Gasteiger partial charge >= 0.3 is 82.5 Å². The third kappa shape index (κ3) is 2.06. The summed E-state index contributed by atoms with van der Waals surface area (Å²) < 4.78 is 35.8. The molecule has 0 radical (unpaired) electrons. The molecule has 0 aliphatic rings. The summed E-state index contributed by atoms with van der Waals surface area (Å²) in [7, 11) is 0. The molecule has 5 heteroatoms. The van der Waals surface area contributed by atoms with Crippen LogP contribution in [0.5, 0.6) is 0 Å². The zero-order valence-corrected chi connectivity index (χ0v) is 9.18. The van der Waals surface area contributed by atoms with Crippen LogP contribution in [-0.4, -0.2) is 15.7 Å². The van der Waals surface area contributed by atoms with Crippen LogP contribution < -0.4 is 4.35 Å². The van der Waals surface area contributed by atoms with E-state index < -0.39 is 27.3 Å². The zero-order chi connectivity index (χ0) is 8.43. The van der Waals surface area contributed by atoms with E-state index in [2.05, 4.69) is 0 Å².